The fourth-order valence-corrected chi connectivity index (χ4v) is 1.74. The van der Waals surface area contributed by atoms with Crippen LogP contribution in [0.15, 0.2) is 12.3 Å². The number of aromatic nitrogens is 2. The molecule has 1 aromatic rings. The van der Waals surface area contributed by atoms with Gasteiger partial charge in [0.15, 0.2) is 0 Å². The molecule has 0 aliphatic heterocycles. The molecule has 0 atom stereocenters. The number of rotatable bonds is 7. The summed E-state index contributed by atoms with van der Waals surface area (Å²) in [5.41, 5.74) is 0. The summed E-state index contributed by atoms with van der Waals surface area (Å²) in [6.07, 6.45) is 6.04. The molecule has 18 heavy (non-hydrogen) atoms. The number of nitrogens with zero attached hydrogens (tertiary/aromatic N) is 3. The van der Waals surface area contributed by atoms with Crippen molar-refractivity contribution in [3.8, 4) is 0 Å². The van der Waals surface area contributed by atoms with Gasteiger partial charge in [0.05, 0.1) is 0 Å². The molecule has 4 heteroatoms. The molecule has 0 bridgehead atoms. The molecule has 0 fully saturated rings. The molecule has 0 unspecified atom stereocenters. The van der Waals surface area contributed by atoms with Crippen LogP contribution in [-0.2, 0) is 11.2 Å². The van der Waals surface area contributed by atoms with Crippen molar-refractivity contribution in [2.75, 3.05) is 11.4 Å². The minimum absolute atomic E-state index is 0.159. The lowest BCUT2D eigenvalue weighted by atomic mass is 10.2. The third-order valence-corrected chi connectivity index (χ3v) is 2.78. The van der Waals surface area contributed by atoms with Crippen molar-refractivity contribution in [2.45, 2.75) is 52.9 Å². The Hall–Kier alpha value is -1.45. The maximum absolute atomic E-state index is 12.1. The van der Waals surface area contributed by atoms with Crippen LogP contribution >= 0.6 is 0 Å². The number of hydrogen-bond donors (Lipinski definition) is 0. The first kappa shape index (κ1) is 14.6. The van der Waals surface area contributed by atoms with Gasteiger partial charge in [0.2, 0.25) is 5.91 Å². The highest BCUT2D eigenvalue weighted by atomic mass is 16.2. The largest absolute Gasteiger partial charge is 0.297 e. The highest BCUT2D eigenvalue weighted by molar-refractivity contribution is 5.92. The van der Waals surface area contributed by atoms with Crippen molar-refractivity contribution in [2.24, 2.45) is 0 Å². The van der Waals surface area contributed by atoms with Crippen molar-refractivity contribution in [3.05, 3.63) is 18.1 Å². The molecule has 0 radical (unpaired) electrons. The second-order valence-corrected chi connectivity index (χ2v) is 4.33. The molecule has 0 aliphatic rings. The molecule has 0 saturated heterocycles. The molecule has 0 aliphatic carbocycles. The summed E-state index contributed by atoms with van der Waals surface area (Å²) in [6.45, 7) is 6.91. The van der Waals surface area contributed by atoms with E-state index >= 15 is 0 Å². The molecular formula is C14H23N3O. The summed E-state index contributed by atoms with van der Waals surface area (Å²) in [7, 11) is 0. The van der Waals surface area contributed by atoms with Gasteiger partial charge < -0.3 is 0 Å². The van der Waals surface area contributed by atoms with Gasteiger partial charge in [-0.25, -0.2) is 9.97 Å². The van der Waals surface area contributed by atoms with Gasteiger partial charge >= 0.3 is 0 Å². The van der Waals surface area contributed by atoms with Crippen molar-refractivity contribution in [1.82, 2.24) is 9.97 Å². The van der Waals surface area contributed by atoms with Crippen LogP contribution in [0.3, 0.4) is 0 Å². The molecule has 1 amide bonds. The summed E-state index contributed by atoms with van der Waals surface area (Å²) in [6, 6.07) is 1.82. The van der Waals surface area contributed by atoms with Crippen LogP contribution in [0.25, 0.3) is 0 Å². The topological polar surface area (TPSA) is 46.1 Å². The average molecular weight is 249 g/mol. The Morgan fingerprint density at radius 1 is 1.28 bits per heavy atom. The number of carbonyl (C=O) groups excluding carboxylic acids is 1. The van der Waals surface area contributed by atoms with Crippen LogP contribution in [-0.4, -0.2) is 22.4 Å². The molecule has 4 nitrogen and oxygen atoms in total. The van der Waals surface area contributed by atoms with Gasteiger partial charge in [-0.3, -0.25) is 9.69 Å². The monoisotopic (exact) mass is 249 g/mol. The number of carbonyl (C=O) groups is 1. The van der Waals surface area contributed by atoms with Gasteiger partial charge in [-0.05, 0) is 18.9 Å². The van der Waals surface area contributed by atoms with Crippen molar-refractivity contribution in [1.29, 1.82) is 0 Å². The third-order valence-electron chi connectivity index (χ3n) is 2.78. The zero-order valence-electron chi connectivity index (χ0n) is 11.6. The van der Waals surface area contributed by atoms with Crippen molar-refractivity contribution in [3.63, 3.8) is 0 Å². The predicted molar refractivity (Wildman–Crippen MR) is 73.6 cm³/mol. The normalized spacial score (nSPS) is 10.4. The summed E-state index contributed by atoms with van der Waals surface area (Å²) >= 11 is 0. The minimum Gasteiger partial charge on any atom is -0.297 e. The minimum atomic E-state index is 0.159. The molecule has 1 aromatic heterocycles. The van der Waals surface area contributed by atoms with Crippen LogP contribution in [0.4, 0.5) is 5.82 Å². The molecule has 1 rings (SSSR count). The van der Waals surface area contributed by atoms with Crippen molar-refractivity contribution < 1.29 is 4.79 Å². The van der Waals surface area contributed by atoms with Crippen LogP contribution in [0.5, 0.6) is 0 Å². The fourth-order valence-electron chi connectivity index (χ4n) is 1.74. The molecule has 1 heterocycles. The summed E-state index contributed by atoms with van der Waals surface area (Å²) in [5, 5.41) is 0. The summed E-state index contributed by atoms with van der Waals surface area (Å²) in [4.78, 5) is 22.5. The zero-order chi connectivity index (χ0) is 13.4. The number of aryl methyl sites for hydroxylation is 1. The lowest BCUT2D eigenvalue weighted by Crippen LogP contribution is -2.32. The van der Waals surface area contributed by atoms with E-state index in [4.69, 9.17) is 0 Å². The molecule has 0 aromatic carbocycles. The van der Waals surface area contributed by atoms with E-state index in [0.717, 1.165) is 43.9 Å². The Balaban J connectivity index is 2.89. The molecule has 100 valence electrons. The Kier molecular flexibility index (Phi) is 6.33. The molecule has 0 N–H and O–H groups in total. The van der Waals surface area contributed by atoms with E-state index in [9.17, 15) is 4.79 Å². The fraction of sp³-hybridized carbons (Fsp3) is 0.643. The summed E-state index contributed by atoms with van der Waals surface area (Å²) < 4.78 is 0. The van der Waals surface area contributed by atoms with Crippen molar-refractivity contribution >= 4 is 11.7 Å². The van der Waals surface area contributed by atoms with Crippen LogP contribution in [0.1, 0.15) is 52.3 Å². The van der Waals surface area contributed by atoms with Crippen LogP contribution in [0.2, 0.25) is 0 Å². The van der Waals surface area contributed by atoms with E-state index in [1.807, 2.05) is 19.9 Å². The smallest absolute Gasteiger partial charge is 0.228 e. The highest BCUT2D eigenvalue weighted by Gasteiger charge is 2.15. The van der Waals surface area contributed by atoms with E-state index in [1.165, 1.54) is 0 Å². The second kappa shape index (κ2) is 7.80. The Bertz CT molecular complexity index is 379. The zero-order valence-corrected chi connectivity index (χ0v) is 11.6. The van der Waals surface area contributed by atoms with Crippen LogP contribution < -0.4 is 4.90 Å². The SMILES string of the molecule is CCCCN(C(=O)CCC)c1ccnc(CC)n1. The van der Waals surface area contributed by atoms with Gasteiger partial charge in [-0.2, -0.15) is 0 Å². The highest BCUT2D eigenvalue weighted by Crippen LogP contribution is 2.13. The maximum Gasteiger partial charge on any atom is 0.228 e. The van der Waals surface area contributed by atoms with Gasteiger partial charge in [0.25, 0.3) is 0 Å². The lowest BCUT2D eigenvalue weighted by molar-refractivity contribution is -0.118. The second-order valence-electron chi connectivity index (χ2n) is 4.33. The van der Waals surface area contributed by atoms with Crippen LogP contribution in [0, 0.1) is 0 Å². The van der Waals surface area contributed by atoms with E-state index in [2.05, 4.69) is 16.9 Å². The van der Waals surface area contributed by atoms with Gasteiger partial charge in [-0.15, -0.1) is 0 Å². The Morgan fingerprint density at radius 3 is 2.67 bits per heavy atom. The number of hydrogen-bond acceptors (Lipinski definition) is 3. The molecule has 0 spiro atoms. The number of amides is 1. The van der Waals surface area contributed by atoms with Gasteiger partial charge in [-0.1, -0.05) is 27.2 Å². The quantitative estimate of drug-likeness (QED) is 0.746. The van der Waals surface area contributed by atoms with E-state index in [1.54, 1.807) is 11.1 Å². The van der Waals surface area contributed by atoms with E-state index in [-0.39, 0.29) is 5.91 Å². The van der Waals surface area contributed by atoms with Gasteiger partial charge in [0.1, 0.15) is 11.6 Å². The first-order chi connectivity index (χ1) is 8.72. The standard InChI is InChI=1S/C14H23N3O/c1-4-7-11-17(14(18)8-5-2)13-9-10-15-12(6-3)16-13/h9-10H,4-8,11H2,1-3H3. The molecule has 0 saturated carbocycles. The predicted octanol–water partition coefficient (Wildman–Crippen LogP) is 2.97. The molecular weight excluding hydrogens is 226 g/mol. The maximum atomic E-state index is 12.1. The number of unbranched alkanes of at least 4 members (excludes halogenated alkanes) is 1. The number of anilines is 1. The summed E-state index contributed by atoms with van der Waals surface area (Å²) in [5.74, 6) is 1.69. The Morgan fingerprint density at radius 2 is 2.06 bits per heavy atom. The first-order valence-corrected chi connectivity index (χ1v) is 6.85. The Labute approximate surface area is 109 Å². The lowest BCUT2D eigenvalue weighted by Gasteiger charge is -2.21. The van der Waals surface area contributed by atoms with E-state index in [0.29, 0.717) is 6.42 Å². The first-order valence-electron chi connectivity index (χ1n) is 6.85. The third kappa shape index (κ3) is 4.09. The average Bonchev–Trinajstić information content (AvgIpc) is 2.40. The van der Waals surface area contributed by atoms with E-state index < -0.39 is 0 Å². The van der Waals surface area contributed by atoms with Gasteiger partial charge in [0, 0.05) is 25.6 Å².